The normalized spacial score (nSPS) is 10.4. The minimum Gasteiger partial charge on any atom is -0.485 e. The molecule has 2 aromatic carbocycles. The number of carbonyl (C=O) groups excluding carboxylic acids is 1. The van der Waals surface area contributed by atoms with Gasteiger partial charge in [-0.15, -0.1) is 0 Å². The van der Waals surface area contributed by atoms with E-state index in [1.807, 2.05) is 33.8 Å². The third-order valence-corrected chi connectivity index (χ3v) is 4.18. The Labute approximate surface area is 135 Å². The molecule has 0 heterocycles. The first-order valence-corrected chi connectivity index (χ1v) is 7.29. The van der Waals surface area contributed by atoms with E-state index in [9.17, 15) is 14.9 Å². The van der Waals surface area contributed by atoms with Crippen LogP contribution in [0.25, 0.3) is 0 Å². The van der Waals surface area contributed by atoms with E-state index in [1.54, 1.807) is 6.07 Å². The summed E-state index contributed by atoms with van der Waals surface area (Å²) in [6, 6.07) is 7.69. The molecule has 0 aliphatic heterocycles. The van der Waals surface area contributed by atoms with E-state index < -0.39 is 4.92 Å². The van der Waals surface area contributed by atoms with Gasteiger partial charge in [-0.1, -0.05) is 6.07 Å². The summed E-state index contributed by atoms with van der Waals surface area (Å²) in [6.45, 7) is 7.77. The second-order valence-corrected chi connectivity index (χ2v) is 5.58. The van der Waals surface area contributed by atoms with Crippen molar-refractivity contribution in [2.45, 2.75) is 27.7 Å². The second kappa shape index (κ2) is 6.60. The first kappa shape index (κ1) is 16.7. The number of hydrogen-bond donors (Lipinski definition) is 0. The molecule has 0 atom stereocenters. The predicted molar refractivity (Wildman–Crippen MR) is 88.3 cm³/mol. The van der Waals surface area contributed by atoms with Gasteiger partial charge in [0.15, 0.2) is 12.4 Å². The number of rotatable bonds is 5. The summed E-state index contributed by atoms with van der Waals surface area (Å²) >= 11 is 0. The van der Waals surface area contributed by atoms with Crippen LogP contribution in [0.2, 0.25) is 0 Å². The van der Waals surface area contributed by atoms with E-state index in [1.165, 1.54) is 23.8 Å². The highest BCUT2D eigenvalue weighted by Crippen LogP contribution is 2.23. The van der Waals surface area contributed by atoms with Gasteiger partial charge < -0.3 is 4.74 Å². The number of benzene rings is 2. The summed E-state index contributed by atoms with van der Waals surface area (Å²) in [7, 11) is 0. The van der Waals surface area contributed by atoms with Crippen LogP contribution in [0, 0.1) is 37.8 Å². The van der Waals surface area contributed by atoms with Crippen LogP contribution < -0.4 is 4.74 Å². The molecule has 0 aliphatic carbocycles. The number of ketones is 1. The highest BCUT2D eigenvalue weighted by molar-refractivity contribution is 5.99. The number of carbonyl (C=O) groups is 1. The van der Waals surface area contributed by atoms with Crippen LogP contribution in [0.3, 0.4) is 0 Å². The number of aryl methyl sites for hydroxylation is 1. The maximum atomic E-state index is 12.4. The zero-order chi connectivity index (χ0) is 17.1. The average molecular weight is 313 g/mol. The molecule has 0 bridgehead atoms. The lowest BCUT2D eigenvalue weighted by Gasteiger charge is -2.14. The number of nitrogens with zero attached hydrogens (tertiary/aromatic N) is 1. The molecule has 0 saturated carbocycles. The molecule has 0 unspecified atom stereocenters. The molecule has 23 heavy (non-hydrogen) atoms. The Hall–Kier alpha value is -2.69. The zero-order valence-corrected chi connectivity index (χ0v) is 13.7. The molecule has 2 rings (SSSR count). The first-order chi connectivity index (χ1) is 10.8. The first-order valence-electron chi connectivity index (χ1n) is 7.29. The molecular formula is C18H19NO4. The molecular weight excluding hydrogens is 294 g/mol. The lowest BCUT2D eigenvalue weighted by molar-refractivity contribution is -0.384. The fraction of sp³-hybridized carbons (Fsp3) is 0.278. The van der Waals surface area contributed by atoms with Crippen molar-refractivity contribution in [2.75, 3.05) is 6.61 Å². The van der Waals surface area contributed by atoms with E-state index in [2.05, 4.69) is 0 Å². The van der Waals surface area contributed by atoms with Crippen molar-refractivity contribution in [3.05, 3.63) is 68.3 Å². The molecule has 5 nitrogen and oxygen atoms in total. The SMILES string of the molecule is Cc1cc(C(=O)COc2cccc([N+](=O)[O-])c2)c(C)c(C)c1C. The van der Waals surface area contributed by atoms with Gasteiger partial charge in [-0.25, -0.2) is 0 Å². The quantitative estimate of drug-likeness (QED) is 0.473. The number of non-ortho nitro benzene ring substituents is 1. The summed E-state index contributed by atoms with van der Waals surface area (Å²) in [5.41, 5.74) is 4.86. The van der Waals surface area contributed by atoms with Gasteiger partial charge in [-0.05, 0) is 62.1 Å². The van der Waals surface area contributed by atoms with Gasteiger partial charge >= 0.3 is 0 Å². The topological polar surface area (TPSA) is 69.4 Å². The lowest BCUT2D eigenvalue weighted by atomic mass is 9.93. The van der Waals surface area contributed by atoms with E-state index >= 15 is 0 Å². The molecule has 0 fully saturated rings. The van der Waals surface area contributed by atoms with Crippen molar-refractivity contribution in [3.8, 4) is 5.75 Å². The average Bonchev–Trinajstić information content (AvgIpc) is 2.54. The summed E-state index contributed by atoms with van der Waals surface area (Å²) in [6.07, 6.45) is 0. The van der Waals surface area contributed by atoms with Gasteiger partial charge in [0.2, 0.25) is 0 Å². The Morgan fingerprint density at radius 3 is 2.43 bits per heavy atom. The van der Waals surface area contributed by atoms with Crippen molar-refractivity contribution in [3.63, 3.8) is 0 Å². The molecule has 120 valence electrons. The van der Waals surface area contributed by atoms with E-state index in [4.69, 9.17) is 4.74 Å². The third kappa shape index (κ3) is 3.56. The number of hydrogen-bond acceptors (Lipinski definition) is 4. The molecule has 5 heteroatoms. The minimum atomic E-state index is -0.495. The Morgan fingerprint density at radius 2 is 1.78 bits per heavy atom. The number of nitro benzene ring substituents is 1. The Kier molecular flexibility index (Phi) is 4.79. The van der Waals surface area contributed by atoms with Gasteiger partial charge in [0, 0.05) is 11.6 Å². The van der Waals surface area contributed by atoms with Gasteiger partial charge in [-0.3, -0.25) is 14.9 Å². The van der Waals surface area contributed by atoms with Crippen LogP contribution in [0.15, 0.2) is 30.3 Å². The Morgan fingerprint density at radius 1 is 1.09 bits per heavy atom. The van der Waals surface area contributed by atoms with E-state index in [0.717, 1.165) is 16.7 Å². The van der Waals surface area contributed by atoms with Crippen molar-refractivity contribution in [2.24, 2.45) is 0 Å². The number of nitro groups is 1. The van der Waals surface area contributed by atoms with Crippen molar-refractivity contribution in [1.29, 1.82) is 0 Å². The van der Waals surface area contributed by atoms with Gasteiger partial charge in [0.25, 0.3) is 5.69 Å². The Balaban J connectivity index is 2.18. The molecule has 0 aliphatic rings. The predicted octanol–water partition coefficient (Wildman–Crippen LogP) is 4.09. The molecule has 0 saturated heterocycles. The zero-order valence-electron chi connectivity index (χ0n) is 13.7. The molecule has 0 N–H and O–H groups in total. The highest BCUT2D eigenvalue weighted by Gasteiger charge is 2.15. The van der Waals surface area contributed by atoms with Gasteiger partial charge in [-0.2, -0.15) is 0 Å². The highest BCUT2D eigenvalue weighted by atomic mass is 16.6. The Bertz CT molecular complexity index is 781. The number of ether oxygens (including phenoxy) is 1. The summed E-state index contributed by atoms with van der Waals surface area (Å²) in [5, 5.41) is 10.7. The standard InChI is InChI=1S/C18H19NO4/c1-11-8-17(14(4)13(3)12(11)2)18(20)10-23-16-7-5-6-15(9-16)19(21)22/h5-9H,10H2,1-4H3. The third-order valence-electron chi connectivity index (χ3n) is 4.18. The van der Waals surface area contributed by atoms with E-state index in [0.29, 0.717) is 11.3 Å². The van der Waals surface area contributed by atoms with Gasteiger partial charge in [0.05, 0.1) is 11.0 Å². The van der Waals surface area contributed by atoms with Gasteiger partial charge in [0.1, 0.15) is 5.75 Å². The maximum absolute atomic E-state index is 12.4. The monoisotopic (exact) mass is 313 g/mol. The van der Waals surface area contributed by atoms with E-state index in [-0.39, 0.29) is 18.1 Å². The lowest BCUT2D eigenvalue weighted by Crippen LogP contribution is -2.14. The molecule has 0 radical (unpaired) electrons. The van der Waals surface area contributed by atoms with Crippen LogP contribution in [0.4, 0.5) is 5.69 Å². The smallest absolute Gasteiger partial charge is 0.273 e. The summed E-state index contributed by atoms with van der Waals surface area (Å²) in [4.78, 5) is 22.7. The van der Waals surface area contributed by atoms with Crippen molar-refractivity contribution >= 4 is 11.5 Å². The molecule has 0 spiro atoms. The fourth-order valence-electron chi connectivity index (χ4n) is 2.42. The largest absolute Gasteiger partial charge is 0.485 e. The maximum Gasteiger partial charge on any atom is 0.273 e. The van der Waals surface area contributed by atoms with Crippen LogP contribution in [0.5, 0.6) is 5.75 Å². The molecule has 2 aromatic rings. The van der Waals surface area contributed by atoms with Crippen LogP contribution in [-0.4, -0.2) is 17.3 Å². The fourth-order valence-corrected chi connectivity index (χ4v) is 2.42. The van der Waals surface area contributed by atoms with Crippen molar-refractivity contribution in [1.82, 2.24) is 0 Å². The molecule has 0 aromatic heterocycles. The minimum absolute atomic E-state index is 0.0619. The van der Waals surface area contributed by atoms with Crippen LogP contribution in [0.1, 0.15) is 32.6 Å². The second-order valence-electron chi connectivity index (χ2n) is 5.58. The van der Waals surface area contributed by atoms with Crippen molar-refractivity contribution < 1.29 is 14.5 Å². The van der Waals surface area contributed by atoms with Crippen LogP contribution in [-0.2, 0) is 0 Å². The summed E-state index contributed by atoms with van der Waals surface area (Å²) in [5.74, 6) is 0.172. The number of Topliss-reactive ketones (excluding diaryl/α,β-unsaturated/α-hetero) is 1. The van der Waals surface area contributed by atoms with Crippen LogP contribution >= 0.6 is 0 Å². The summed E-state index contributed by atoms with van der Waals surface area (Å²) < 4.78 is 5.42. The molecule has 0 amide bonds.